The van der Waals surface area contributed by atoms with Crippen molar-refractivity contribution in [3.63, 3.8) is 0 Å². The number of hydrogen-bond acceptors (Lipinski definition) is 0. The number of halogens is 1. The summed E-state index contributed by atoms with van der Waals surface area (Å²) in [7, 11) is 0. The molecule has 0 amide bonds. The molecular weight excluding hydrogens is 204 g/mol. The van der Waals surface area contributed by atoms with Gasteiger partial charge in [0.25, 0.3) is 0 Å². The molecule has 76 valence electrons. The van der Waals surface area contributed by atoms with Crippen LogP contribution in [0.15, 0.2) is 36.4 Å². The lowest BCUT2D eigenvalue weighted by atomic mass is 10.1. The zero-order valence-corrected chi connectivity index (χ0v) is 9.68. The zero-order valence-electron chi connectivity index (χ0n) is 8.92. The molecule has 0 saturated carbocycles. The molecule has 0 spiro atoms. The normalized spacial score (nSPS) is 8.93. The fourth-order valence-electron chi connectivity index (χ4n) is 1.39. The van der Waals surface area contributed by atoms with E-state index in [0.29, 0.717) is 5.02 Å². The van der Waals surface area contributed by atoms with Crippen molar-refractivity contribution in [2.45, 2.75) is 13.8 Å². The van der Waals surface area contributed by atoms with Gasteiger partial charge in [-0.05, 0) is 16.8 Å². The Labute approximate surface area is 95.9 Å². The third-order valence-corrected chi connectivity index (χ3v) is 2.34. The van der Waals surface area contributed by atoms with Crippen molar-refractivity contribution in [1.82, 2.24) is 0 Å². The van der Waals surface area contributed by atoms with Crippen molar-refractivity contribution >= 4 is 22.4 Å². The van der Waals surface area contributed by atoms with Crippen molar-refractivity contribution in [3.8, 4) is 12.3 Å². The van der Waals surface area contributed by atoms with Gasteiger partial charge in [0.2, 0.25) is 0 Å². The quantitative estimate of drug-likeness (QED) is 0.569. The average Bonchev–Trinajstić information content (AvgIpc) is 2.32. The van der Waals surface area contributed by atoms with Crippen LogP contribution in [-0.4, -0.2) is 0 Å². The van der Waals surface area contributed by atoms with E-state index >= 15 is 0 Å². The third-order valence-electron chi connectivity index (χ3n) is 2.02. The summed E-state index contributed by atoms with van der Waals surface area (Å²) in [5.74, 6) is 2.61. The second-order valence-electron chi connectivity index (χ2n) is 2.79. The number of hydrogen-bond donors (Lipinski definition) is 0. The highest BCUT2D eigenvalue weighted by molar-refractivity contribution is 6.32. The molecule has 2 aromatic carbocycles. The minimum absolute atomic E-state index is 0.640. The van der Waals surface area contributed by atoms with Crippen LogP contribution in [0.3, 0.4) is 0 Å². The van der Waals surface area contributed by atoms with Crippen molar-refractivity contribution in [2.24, 2.45) is 0 Å². The summed E-state index contributed by atoms with van der Waals surface area (Å²) < 4.78 is 0. The Hall–Kier alpha value is -1.45. The van der Waals surface area contributed by atoms with Gasteiger partial charge in [-0.2, -0.15) is 0 Å². The highest BCUT2D eigenvalue weighted by Gasteiger charge is 2.01. The number of rotatable bonds is 0. The Morgan fingerprint density at radius 3 is 2.40 bits per heavy atom. The molecule has 0 aliphatic rings. The van der Waals surface area contributed by atoms with Gasteiger partial charge in [0, 0.05) is 0 Å². The van der Waals surface area contributed by atoms with E-state index in [9.17, 15) is 0 Å². The van der Waals surface area contributed by atoms with E-state index in [1.807, 2.05) is 50.2 Å². The van der Waals surface area contributed by atoms with Crippen molar-refractivity contribution < 1.29 is 0 Å². The van der Waals surface area contributed by atoms with E-state index < -0.39 is 0 Å². The summed E-state index contributed by atoms with van der Waals surface area (Å²) in [6, 6.07) is 11.7. The molecule has 0 radical (unpaired) electrons. The van der Waals surface area contributed by atoms with Gasteiger partial charge in [-0.1, -0.05) is 61.7 Å². The first-order valence-electron chi connectivity index (χ1n) is 4.97. The molecule has 2 aromatic rings. The van der Waals surface area contributed by atoms with Crippen LogP contribution in [0.5, 0.6) is 0 Å². The first-order chi connectivity index (χ1) is 7.33. The lowest BCUT2D eigenvalue weighted by Crippen LogP contribution is -1.80. The number of fused-ring (bicyclic) bond motifs is 1. The molecule has 1 heteroatoms. The summed E-state index contributed by atoms with van der Waals surface area (Å²) in [6.07, 6.45) is 5.38. The van der Waals surface area contributed by atoms with Crippen molar-refractivity contribution in [2.75, 3.05) is 0 Å². The van der Waals surface area contributed by atoms with Crippen LogP contribution in [0, 0.1) is 12.3 Å². The Kier molecular flexibility index (Phi) is 4.21. The number of benzene rings is 2. The molecule has 0 unspecified atom stereocenters. The molecular formula is C14H13Cl. The van der Waals surface area contributed by atoms with Crippen molar-refractivity contribution in [1.29, 1.82) is 0 Å². The first-order valence-corrected chi connectivity index (χ1v) is 5.34. The van der Waals surface area contributed by atoms with Crippen LogP contribution >= 0.6 is 11.6 Å². The summed E-state index contributed by atoms with van der Waals surface area (Å²) in [5.41, 5.74) is 0.778. The maximum atomic E-state index is 5.96. The van der Waals surface area contributed by atoms with E-state index in [2.05, 4.69) is 5.92 Å². The van der Waals surface area contributed by atoms with Crippen LogP contribution in [0.4, 0.5) is 0 Å². The zero-order chi connectivity index (χ0) is 11.3. The fourth-order valence-corrected chi connectivity index (χ4v) is 1.61. The van der Waals surface area contributed by atoms with Gasteiger partial charge in [0.15, 0.2) is 0 Å². The van der Waals surface area contributed by atoms with Crippen LogP contribution in [0.25, 0.3) is 10.8 Å². The molecule has 0 nitrogen and oxygen atoms in total. The maximum Gasteiger partial charge on any atom is 0.0568 e. The standard InChI is InChI=1S/C12H7Cl.C2H6/c1-2-10-11-6-4-3-5-9(11)7-8-12(10)13;1-2/h1,3-8H;1-2H3. The molecule has 0 heterocycles. The highest BCUT2D eigenvalue weighted by atomic mass is 35.5. The van der Waals surface area contributed by atoms with E-state index in [4.69, 9.17) is 18.0 Å². The summed E-state index contributed by atoms with van der Waals surface area (Å²) in [5, 5.41) is 2.80. The smallest absolute Gasteiger partial charge is 0.0568 e. The summed E-state index contributed by atoms with van der Waals surface area (Å²) in [6.45, 7) is 4.00. The van der Waals surface area contributed by atoms with Gasteiger partial charge in [-0.25, -0.2) is 0 Å². The second kappa shape index (κ2) is 5.44. The minimum atomic E-state index is 0.640. The average molecular weight is 217 g/mol. The summed E-state index contributed by atoms with van der Waals surface area (Å²) in [4.78, 5) is 0. The molecule has 2 rings (SSSR count). The van der Waals surface area contributed by atoms with Gasteiger partial charge in [-0.3, -0.25) is 0 Å². The Bertz CT molecular complexity index is 492. The van der Waals surface area contributed by atoms with E-state index in [1.54, 1.807) is 0 Å². The molecule has 0 bridgehead atoms. The third kappa shape index (κ3) is 2.32. The molecule has 15 heavy (non-hydrogen) atoms. The first kappa shape index (κ1) is 11.6. The Balaban J connectivity index is 0.000000531. The van der Waals surface area contributed by atoms with Crippen LogP contribution in [0.1, 0.15) is 19.4 Å². The monoisotopic (exact) mass is 216 g/mol. The molecule has 0 atom stereocenters. The van der Waals surface area contributed by atoms with Crippen LogP contribution < -0.4 is 0 Å². The largest absolute Gasteiger partial charge is 0.115 e. The Morgan fingerprint density at radius 2 is 1.73 bits per heavy atom. The lowest BCUT2D eigenvalue weighted by molar-refractivity contribution is 1.50. The summed E-state index contributed by atoms with van der Waals surface area (Å²) >= 11 is 5.96. The predicted molar refractivity (Wildman–Crippen MR) is 68.2 cm³/mol. The maximum absolute atomic E-state index is 5.96. The molecule has 0 aliphatic carbocycles. The fraction of sp³-hybridized carbons (Fsp3) is 0.143. The molecule has 0 N–H and O–H groups in total. The molecule has 0 fully saturated rings. The van der Waals surface area contributed by atoms with E-state index in [-0.39, 0.29) is 0 Å². The SMILES string of the molecule is C#Cc1c(Cl)ccc2ccccc12.CC. The van der Waals surface area contributed by atoms with Crippen molar-refractivity contribution in [3.05, 3.63) is 47.0 Å². The molecule has 0 aliphatic heterocycles. The Morgan fingerprint density at radius 1 is 1.07 bits per heavy atom. The lowest BCUT2D eigenvalue weighted by Gasteiger charge is -2.01. The van der Waals surface area contributed by atoms with E-state index in [1.165, 1.54) is 0 Å². The minimum Gasteiger partial charge on any atom is -0.115 e. The van der Waals surface area contributed by atoms with Gasteiger partial charge in [0.05, 0.1) is 10.6 Å². The van der Waals surface area contributed by atoms with Gasteiger partial charge in [-0.15, -0.1) is 6.42 Å². The van der Waals surface area contributed by atoms with Gasteiger partial charge >= 0.3 is 0 Å². The van der Waals surface area contributed by atoms with Gasteiger partial charge < -0.3 is 0 Å². The van der Waals surface area contributed by atoms with Gasteiger partial charge in [0.1, 0.15) is 0 Å². The van der Waals surface area contributed by atoms with E-state index in [0.717, 1.165) is 16.3 Å². The molecule has 0 aromatic heterocycles. The predicted octanol–water partition coefficient (Wildman–Crippen LogP) is 4.50. The van der Waals surface area contributed by atoms with Crippen LogP contribution in [0.2, 0.25) is 5.02 Å². The number of terminal acetylenes is 1. The van der Waals surface area contributed by atoms with Crippen LogP contribution in [-0.2, 0) is 0 Å². The topological polar surface area (TPSA) is 0 Å². The second-order valence-corrected chi connectivity index (χ2v) is 3.20. The highest BCUT2D eigenvalue weighted by Crippen LogP contribution is 2.24. The molecule has 0 saturated heterocycles.